The van der Waals surface area contributed by atoms with E-state index >= 15 is 0 Å². The molecule has 5 aromatic heterocycles. The number of hydrogen-bond donors (Lipinski definition) is 0. The lowest BCUT2D eigenvalue weighted by molar-refractivity contribution is 0.483. The summed E-state index contributed by atoms with van der Waals surface area (Å²) >= 11 is 0. The lowest BCUT2D eigenvalue weighted by Crippen LogP contribution is -2.25. The van der Waals surface area contributed by atoms with Gasteiger partial charge in [-0.15, -0.1) is 0 Å². The predicted molar refractivity (Wildman–Crippen MR) is 320 cm³/mol. The number of fused-ring (bicyclic) bond motifs is 13. The third-order valence-electron chi connectivity index (χ3n) is 15.6. The van der Waals surface area contributed by atoms with E-state index in [-0.39, 0.29) is 30.8 Å². The maximum Gasteiger partial charge on any atom is 0.137 e. The van der Waals surface area contributed by atoms with E-state index in [2.05, 4.69) is 45.6 Å². The zero-order valence-electron chi connectivity index (χ0n) is 51.4. The number of pyridine rings is 1. The van der Waals surface area contributed by atoms with Gasteiger partial charge in [-0.05, 0) is 109 Å². The summed E-state index contributed by atoms with van der Waals surface area (Å²) in [6.07, 6.45) is 1.91. The minimum atomic E-state index is -2.65. The van der Waals surface area contributed by atoms with Crippen molar-refractivity contribution in [2.45, 2.75) is 6.92 Å². The molecule has 366 valence electrons. The van der Waals surface area contributed by atoms with Gasteiger partial charge in [-0.3, -0.25) is 4.57 Å². The second kappa shape index (κ2) is 16.5. The van der Waals surface area contributed by atoms with Gasteiger partial charge < -0.3 is 28.2 Å². The summed E-state index contributed by atoms with van der Waals surface area (Å²) in [4.78, 5) is 9.30. The summed E-state index contributed by atoms with van der Waals surface area (Å²) in [5, 5.41) is 5.83. The number of aryl methyl sites for hydroxylation is 3. The normalized spacial score (nSPS) is 15.0. The molecule has 0 atom stereocenters. The number of para-hydroxylation sites is 6. The minimum absolute atomic E-state index is 0.0888. The first-order valence-corrected chi connectivity index (χ1v) is 25.6. The quantitative estimate of drug-likeness (QED) is 0.160. The molecule has 16 rings (SSSR count). The van der Waals surface area contributed by atoms with Crippen LogP contribution < -0.4 is 14.5 Å². The average Bonchev–Trinajstić information content (AvgIpc) is 1.55. The standard InChI is InChI=1S/C69H49N7O/c1-43-36-66(70-41-57(43)44-18-5-4-6-19-44)76-62-35-32-46(75-60-28-13-9-22-49(60)50-23-10-14-29-61(50)75)38-54(62)53-34-33-48(39-65(53)76)77-47-21-17-20-45(37-47)73-42-74(64-31-16-15-30-63(64)73)69-67-55(51-24-7-11-26-58(51)71(67)2)40-56-52-25-8-12-27-59(52)72(3)68(56)69/h4-41H,42H2,1-3H3/i2D3,3D3,9D,13D,22D,28D. The summed E-state index contributed by atoms with van der Waals surface area (Å²) < 4.78 is 103. The van der Waals surface area contributed by atoms with Crippen LogP contribution in [0.4, 0.5) is 22.7 Å². The molecule has 0 spiro atoms. The highest BCUT2D eigenvalue weighted by molar-refractivity contribution is 6.25. The molecule has 8 nitrogen and oxygen atoms in total. The first-order chi connectivity index (χ1) is 42.0. The molecule has 0 radical (unpaired) electrons. The molecule has 10 aromatic carbocycles. The van der Waals surface area contributed by atoms with Gasteiger partial charge >= 0.3 is 0 Å². The van der Waals surface area contributed by atoms with E-state index in [0.29, 0.717) is 66.7 Å². The van der Waals surface area contributed by atoms with Crippen LogP contribution in [0, 0.1) is 6.92 Å². The van der Waals surface area contributed by atoms with E-state index < -0.39 is 14.0 Å². The van der Waals surface area contributed by atoms with Gasteiger partial charge in [0.25, 0.3) is 0 Å². The first-order valence-electron chi connectivity index (χ1n) is 30.6. The van der Waals surface area contributed by atoms with Gasteiger partial charge in [-0.25, -0.2) is 4.98 Å². The molecule has 0 bridgehead atoms. The van der Waals surface area contributed by atoms with E-state index in [4.69, 9.17) is 22.1 Å². The second-order valence-electron chi connectivity index (χ2n) is 19.8. The molecule has 0 amide bonds. The molecule has 0 saturated heterocycles. The number of rotatable bonds is 7. The summed E-state index contributed by atoms with van der Waals surface area (Å²) in [6.45, 7) is -3.03. The molecule has 1 aliphatic heterocycles. The number of nitrogens with zero attached hydrogens (tertiary/aromatic N) is 7. The Morgan fingerprint density at radius 3 is 1.83 bits per heavy atom. The van der Waals surface area contributed by atoms with E-state index in [1.54, 1.807) is 12.1 Å². The molecule has 0 fully saturated rings. The smallest absolute Gasteiger partial charge is 0.137 e. The number of aromatic nitrogens is 5. The molecular weight excluding hydrogens is 943 g/mol. The topological polar surface area (TPSA) is 48.3 Å². The zero-order chi connectivity index (χ0) is 59.5. The van der Waals surface area contributed by atoms with Gasteiger partial charge in [0.15, 0.2) is 0 Å². The summed E-state index contributed by atoms with van der Waals surface area (Å²) in [7, 11) is 0. The Labute approximate surface area is 457 Å². The van der Waals surface area contributed by atoms with Gasteiger partial charge in [-0.2, -0.15) is 0 Å². The summed E-state index contributed by atoms with van der Waals surface area (Å²) in [5.41, 5.74) is 11.3. The number of hydrogen-bond acceptors (Lipinski definition) is 4. The zero-order valence-corrected chi connectivity index (χ0v) is 41.4. The second-order valence-corrected chi connectivity index (χ2v) is 19.8. The monoisotopic (exact) mass is 1000 g/mol. The Kier molecular flexibility index (Phi) is 7.37. The Morgan fingerprint density at radius 2 is 1.09 bits per heavy atom. The van der Waals surface area contributed by atoms with Crippen molar-refractivity contribution >= 4 is 110 Å². The molecule has 0 saturated carbocycles. The van der Waals surface area contributed by atoms with Crippen molar-refractivity contribution in [3.05, 3.63) is 236 Å². The van der Waals surface area contributed by atoms with Crippen LogP contribution in [0.25, 0.3) is 110 Å². The highest BCUT2D eigenvalue weighted by atomic mass is 16.5. The maximum atomic E-state index is 9.17. The largest absolute Gasteiger partial charge is 0.457 e. The van der Waals surface area contributed by atoms with Crippen LogP contribution in [0.1, 0.15) is 19.3 Å². The van der Waals surface area contributed by atoms with Crippen LogP contribution in [0.5, 0.6) is 11.5 Å². The number of benzene rings is 10. The minimum Gasteiger partial charge on any atom is -0.457 e. The van der Waals surface area contributed by atoms with Crippen LogP contribution >= 0.6 is 0 Å². The van der Waals surface area contributed by atoms with E-state index in [1.807, 2.05) is 175 Å². The van der Waals surface area contributed by atoms with Crippen LogP contribution in [-0.2, 0) is 14.0 Å². The average molecular weight is 1000 g/mol. The highest BCUT2D eigenvalue weighted by Gasteiger charge is 2.33. The molecule has 1 aliphatic rings. The van der Waals surface area contributed by atoms with Gasteiger partial charge in [-0.1, -0.05) is 121 Å². The maximum absolute atomic E-state index is 9.17. The lowest BCUT2D eigenvalue weighted by atomic mass is 10.0. The fraction of sp³-hybridized carbons (Fsp3) is 0.0580. The van der Waals surface area contributed by atoms with Gasteiger partial charge in [0.1, 0.15) is 24.0 Å². The van der Waals surface area contributed by atoms with Crippen molar-refractivity contribution in [1.29, 1.82) is 0 Å². The van der Waals surface area contributed by atoms with Crippen molar-refractivity contribution in [2.24, 2.45) is 14.0 Å². The molecule has 0 unspecified atom stereocenters. The molecule has 0 aliphatic carbocycles. The van der Waals surface area contributed by atoms with Crippen LogP contribution in [0.15, 0.2) is 231 Å². The van der Waals surface area contributed by atoms with Gasteiger partial charge in [0.05, 0.1) is 55.6 Å². The van der Waals surface area contributed by atoms with Crippen LogP contribution in [0.2, 0.25) is 0 Å². The van der Waals surface area contributed by atoms with Crippen LogP contribution in [0.3, 0.4) is 0 Å². The van der Waals surface area contributed by atoms with E-state index in [0.717, 1.165) is 82.9 Å². The Hall–Kier alpha value is -10.1. The van der Waals surface area contributed by atoms with E-state index in [9.17, 15) is 1.37 Å². The Balaban J connectivity index is 0.841. The third-order valence-corrected chi connectivity index (χ3v) is 15.6. The summed E-state index contributed by atoms with van der Waals surface area (Å²) in [6, 6.07) is 63.7. The third kappa shape index (κ3) is 6.36. The Morgan fingerprint density at radius 1 is 0.455 bits per heavy atom. The fourth-order valence-corrected chi connectivity index (χ4v) is 12.2. The fourth-order valence-electron chi connectivity index (χ4n) is 12.2. The predicted octanol–water partition coefficient (Wildman–Crippen LogP) is 17.6. The molecular formula is C69H49N7O. The Bertz CT molecular complexity index is 5320. The van der Waals surface area contributed by atoms with Gasteiger partial charge in [0, 0.05) is 112 Å². The molecule has 15 aromatic rings. The summed E-state index contributed by atoms with van der Waals surface area (Å²) in [5.74, 6) is 1.78. The van der Waals surface area contributed by atoms with Gasteiger partial charge in [0.2, 0.25) is 0 Å². The van der Waals surface area contributed by atoms with Crippen molar-refractivity contribution in [3.63, 3.8) is 0 Å². The molecule has 8 heteroatoms. The SMILES string of the molecule is [2H]c1c([2H])c([2H])c2c(c1[2H])c1ccccc1n2-c1ccc2c(c1)c1ccc(Oc3cccc(N4CN(c5c6c(cc7c8ccccc8n(C([2H])([2H])[2H])c57)c5ccccc5n6C([2H])([2H])[2H])c5ccccc54)c3)cc1n2-c1cc(C)c(-c2ccccc2)cn1. The number of ether oxygens (including phenoxy) is 1. The molecule has 77 heavy (non-hydrogen) atoms. The van der Waals surface area contributed by atoms with Crippen molar-refractivity contribution in [3.8, 4) is 34.1 Å². The highest BCUT2D eigenvalue weighted by Crippen LogP contribution is 2.51. The lowest BCUT2D eigenvalue weighted by Gasteiger charge is -2.25. The van der Waals surface area contributed by atoms with Crippen molar-refractivity contribution < 1.29 is 18.4 Å². The number of anilines is 4. The molecule has 0 N–H and O–H groups in total. The van der Waals surface area contributed by atoms with Crippen LogP contribution in [-0.4, -0.2) is 29.9 Å². The first kappa shape index (κ1) is 34.4. The van der Waals surface area contributed by atoms with Crippen molar-refractivity contribution in [2.75, 3.05) is 16.5 Å². The molecule has 6 heterocycles. The van der Waals surface area contributed by atoms with E-state index in [1.165, 1.54) is 9.13 Å². The van der Waals surface area contributed by atoms with Crippen molar-refractivity contribution in [1.82, 2.24) is 23.3 Å².